The topological polar surface area (TPSA) is 103 Å². The summed E-state index contributed by atoms with van der Waals surface area (Å²) in [5.74, 6) is -0.953. The Balaban J connectivity index is 1.82. The lowest BCUT2D eigenvalue weighted by atomic mass is 9.89. The minimum Gasteiger partial charge on any atom is -0.364 e. The summed E-state index contributed by atoms with van der Waals surface area (Å²) in [7, 11) is 0. The molecule has 7 heteroatoms. The number of nitrogens with one attached hydrogen (secondary N) is 1. The molecule has 1 aromatic carbocycles. The van der Waals surface area contributed by atoms with Crippen molar-refractivity contribution in [3.05, 3.63) is 70.7 Å². The number of hydrogen-bond donors (Lipinski definition) is 2. The minimum absolute atomic E-state index is 0.192. The highest BCUT2D eigenvalue weighted by Crippen LogP contribution is 2.34. The van der Waals surface area contributed by atoms with E-state index in [9.17, 15) is 9.59 Å². The minimum atomic E-state index is -0.605. The predicted octanol–water partition coefficient (Wildman–Crippen LogP) is 1.83. The second-order valence-electron chi connectivity index (χ2n) is 6.19. The number of amides is 2. The number of benzene rings is 1. The summed E-state index contributed by atoms with van der Waals surface area (Å²) in [4.78, 5) is 30.0. The molecular weight excluding hydrogens is 330 g/mol. The number of aryl methyl sites for hydroxylation is 2. The number of nitrogens with zero attached hydrogens (tertiary/aromatic N) is 3. The molecule has 0 bridgehead atoms. The summed E-state index contributed by atoms with van der Waals surface area (Å²) in [6.07, 6.45) is 3.07. The van der Waals surface area contributed by atoms with Crippen molar-refractivity contribution in [1.82, 2.24) is 14.9 Å². The van der Waals surface area contributed by atoms with E-state index >= 15 is 0 Å². The molecule has 130 valence electrons. The zero-order valence-electron chi connectivity index (χ0n) is 14.2. The molecule has 2 amide bonds. The van der Waals surface area contributed by atoms with Crippen molar-refractivity contribution < 1.29 is 9.59 Å². The van der Waals surface area contributed by atoms with E-state index in [1.807, 2.05) is 24.3 Å². The predicted molar refractivity (Wildman–Crippen MR) is 96.3 cm³/mol. The number of carbonyl (C=O) groups is 2. The second-order valence-corrected chi connectivity index (χ2v) is 6.19. The third-order valence-corrected chi connectivity index (χ3v) is 4.59. The van der Waals surface area contributed by atoms with Gasteiger partial charge in [0.2, 0.25) is 0 Å². The van der Waals surface area contributed by atoms with Gasteiger partial charge in [0.05, 0.1) is 17.0 Å². The maximum Gasteiger partial charge on any atom is 0.273 e. The first-order chi connectivity index (χ1) is 12.6. The van der Waals surface area contributed by atoms with Crippen molar-refractivity contribution in [1.29, 1.82) is 0 Å². The summed E-state index contributed by atoms with van der Waals surface area (Å²) in [5.41, 5.74) is 13.1. The second kappa shape index (κ2) is 6.11. The molecule has 3 aromatic rings. The van der Waals surface area contributed by atoms with Gasteiger partial charge in [0.1, 0.15) is 0 Å². The highest BCUT2D eigenvalue weighted by atomic mass is 16.2. The Morgan fingerprint density at radius 3 is 2.73 bits per heavy atom. The molecule has 0 saturated carbocycles. The van der Waals surface area contributed by atoms with Crippen LogP contribution in [0, 0.1) is 6.92 Å². The van der Waals surface area contributed by atoms with Gasteiger partial charge in [0.25, 0.3) is 11.8 Å². The van der Waals surface area contributed by atoms with E-state index in [1.54, 1.807) is 25.3 Å². The van der Waals surface area contributed by atoms with Crippen LogP contribution < -0.4 is 11.2 Å². The molecule has 0 spiro atoms. The van der Waals surface area contributed by atoms with Crippen molar-refractivity contribution in [3.63, 3.8) is 0 Å². The summed E-state index contributed by atoms with van der Waals surface area (Å²) in [6.45, 7) is 1.76. The molecule has 26 heavy (non-hydrogen) atoms. The zero-order valence-corrected chi connectivity index (χ0v) is 14.2. The number of rotatable bonds is 3. The smallest absolute Gasteiger partial charge is 0.273 e. The summed E-state index contributed by atoms with van der Waals surface area (Å²) >= 11 is 0. The first-order valence-electron chi connectivity index (χ1n) is 8.29. The van der Waals surface area contributed by atoms with E-state index in [-0.39, 0.29) is 11.6 Å². The van der Waals surface area contributed by atoms with Gasteiger partial charge in [-0.25, -0.2) is 5.43 Å². The Bertz CT molecular complexity index is 1040. The van der Waals surface area contributed by atoms with Gasteiger partial charge >= 0.3 is 0 Å². The molecule has 0 unspecified atom stereocenters. The molecule has 3 N–H and O–H groups in total. The van der Waals surface area contributed by atoms with Crippen LogP contribution in [-0.2, 0) is 12.8 Å². The fraction of sp³-hybridized carbons (Fsp3) is 0.158. The quantitative estimate of drug-likeness (QED) is 0.754. The summed E-state index contributed by atoms with van der Waals surface area (Å²) in [5, 5.41) is 4.28. The van der Waals surface area contributed by atoms with Gasteiger partial charge in [-0.3, -0.25) is 14.6 Å². The van der Waals surface area contributed by atoms with Crippen LogP contribution in [-0.4, -0.2) is 26.7 Å². The molecule has 7 nitrogen and oxygen atoms in total. The number of carbonyl (C=O) groups excluding carboxylic acids is 2. The number of hydrogen-bond acceptors (Lipinski definition) is 4. The van der Waals surface area contributed by atoms with E-state index in [0.29, 0.717) is 23.4 Å². The van der Waals surface area contributed by atoms with Gasteiger partial charge < -0.3 is 5.73 Å². The van der Waals surface area contributed by atoms with Crippen LogP contribution in [0.4, 0.5) is 0 Å². The van der Waals surface area contributed by atoms with Gasteiger partial charge in [0, 0.05) is 17.3 Å². The maximum atomic E-state index is 12.7. The normalized spacial score (nSPS) is 12.2. The van der Waals surface area contributed by atoms with Crippen LogP contribution in [0.5, 0.6) is 0 Å². The van der Waals surface area contributed by atoms with E-state index < -0.39 is 5.91 Å². The molecule has 2 aromatic heterocycles. The number of pyridine rings is 1. The Kier molecular flexibility index (Phi) is 3.76. The first-order valence-corrected chi connectivity index (χ1v) is 8.29. The first kappa shape index (κ1) is 16.0. The van der Waals surface area contributed by atoms with Crippen molar-refractivity contribution in [2.75, 3.05) is 5.43 Å². The Hall–Kier alpha value is -3.48. The maximum absolute atomic E-state index is 12.7. The molecule has 4 rings (SSSR count). The Morgan fingerprint density at radius 1 is 1.15 bits per heavy atom. The standard InChI is InChI=1S/C19H17N5O2/c1-11-13(7-4-10-21-11)19(26)23-24-17-14-6-3-2-5-12(14)8-9-15(17)16(22-24)18(20)25/h2-7,10H,8-9H2,1H3,(H2,20,25)(H,23,26). The molecule has 0 aliphatic heterocycles. The number of nitrogens with two attached hydrogens (primary N) is 1. The van der Waals surface area contributed by atoms with Crippen molar-refractivity contribution >= 4 is 11.8 Å². The summed E-state index contributed by atoms with van der Waals surface area (Å²) in [6, 6.07) is 11.3. The molecule has 0 atom stereocenters. The zero-order chi connectivity index (χ0) is 18.3. The van der Waals surface area contributed by atoms with Crippen LogP contribution in [0.3, 0.4) is 0 Å². The van der Waals surface area contributed by atoms with Gasteiger partial charge in [-0.15, -0.1) is 5.10 Å². The van der Waals surface area contributed by atoms with Crippen LogP contribution in [0.2, 0.25) is 0 Å². The van der Waals surface area contributed by atoms with E-state index in [0.717, 1.165) is 23.1 Å². The highest BCUT2D eigenvalue weighted by Gasteiger charge is 2.28. The van der Waals surface area contributed by atoms with Gasteiger partial charge in [0.15, 0.2) is 5.69 Å². The van der Waals surface area contributed by atoms with E-state index in [1.165, 1.54) is 4.79 Å². The molecule has 0 fully saturated rings. The third kappa shape index (κ3) is 2.54. The van der Waals surface area contributed by atoms with Gasteiger partial charge in [-0.2, -0.15) is 4.79 Å². The van der Waals surface area contributed by atoms with E-state index in [2.05, 4.69) is 15.5 Å². The molecule has 2 heterocycles. The Labute approximate surface area is 149 Å². The lowest BCUT2D eigenvalue weighted by molar-refractivity contribution is 0.0983. The lowest BCUT2D eigenvalue weighted by Crippen LogP contribution is -2.26. The lowest BCUT2D eigenvalue weighted by Gasteiger charge is -2.18. The fourth-order valence-electron chi connectivity index (χ4n) is 3.35. The number of aromatic nitrogens is 3. The Morgan fingerprint density at radius 2 is 1.96 bits per heavy atom. The largest absolute Gasteiger partial charge is 0.364 e. The summed E-state index contributed by atoms with van der Waals surface area (Å²) < 4.78 is 0. The average molecular weight is 347 g/mol. The van der Waals surface area contributed by atoms with Crippen LogP contribution >= 0.6 is 0 Å². The van der Waals surface area contributed by atoms with Crippen molar-refractivity contribution in [2.24, 2.45) is 5.73 Å². The van der Waals surface area contributed by atoms with Crippen molar-refractivity contribution in [2.45, 2.75) is 19.8 Å². The van der Waals surface area contributed by atoms with Crippen LogP contribution in [0.25, 0.3) is 11.3 Å². The average Bonchev–Trinajstić information content (AvgIpc) is 3.01. The van der Waals surface area contributed by atoms with E-state index in [4.69, 9.17) is 5.73 Å². The molecule has 0 radical (unpaired) electrons. The number of fused-ring (bicyclic) bond motifs is 3. The van der Waals surface area contributed by atoms with Gasteiger partial charge in [-0.1, -0.05) is 24.3 Å². The molecule has 1 aliphatic rings. The van der Waals surface area contributed by atoms with Crippen LogP contribution in [0.15, 0.2) is 42.6 Å². The molecular formula is C19H17N5O2. The van der Waals surface area contributed by atoms with Crippen LogP contribution in [0.1, 0.15) is 37.7 Å². The highest BCUT2D eigenvalue weighted by molar-refractivity contribution is 6.01. The molecule has 1 aliphatic carbocycles. The third-order valence-electron chi connectivity index (χ3n) is 4.59. The van der Waals surface area contributed by atoms with Gasteiger partial charge in [-0.05, 0) is 37.5 Å². The fourth-order valence-corrected chi connectivity index (χ4v) is 3.35. The molecule has 0 saturated heterocycles. The SMILES string of the molecule is Cc1ncccc1C(=O)Nn1nc(C(N)=O)c2c1-c1ccccc1CC2. The van der Waals surface area contributed by atoms with Crippen molar-refractivity contribution in [3.8, 4) is 11.3 Å². The monoisotopic (exact) mass is 347 g/mol. The number of primary amides is 1.